The van der Waals surface area contributed by atoms with E-state index in [4.69, 9.17) is 18.9 Å². The Morgan fingerprint density at radius 3 is 2.33 bits per heavy atom. The fourth-order valence-electron chi connectivity index (χ4n) is 6.67. The Morgan fingerprint density at radius 2 is 1.56 bits per heavy atom. The van der Waals surface area contributed by atoms with Gasteiger partial charge in [-0.2, -0.15) is 5.10 Å². The summed E-state index contributed by atoms with van der Waals surface area (Å²) in [6.45, 7) is 8.74. The van der Waals surface area contributed by atoms with Crippen LogP contribution in [0.3, 0.4) is 0 Å². The molecular formula is C43H44N4O. The van der Waals surface area contributed by atoms with Gasteiger partial charge in [-0.3, -0.25) is 4.57 Å². The van der Waals surface area contributed by atoms with Gasteiger partial charge in [-0.05, 0) is 84.8 Å². The predicted molar refractivity (Wildman–Crippen MR) is 199 cm³/mol. The van der Waals surface area contributed by atoms with Crippen LogP contribution in [0.5, 0.6) is 11.5 Å². The van der Waals surface area contributed by atoms with Gasteiger partial charge < -0.3 is 4.74 Å². The molecule has 0 unspecified atom stereocenters. The fourth-order valence-corrected chi connectivity index (χ4v) is 6.67. The fraction of sp³-hybridized carbons (Fsp3) is 0.256. The molecule has 5 nitrogen and oxygen atoms in total. The third-order valence-electron chi connectivity index (χ3n) is 8.97. The van der Waals surface area contributed by atoms with Crippen molar-refractivity contribution >= 4 is 21.8 Å². The first-order valence-corrected chi connectivity index (χ1v) is 17.0. The summed E-state index contributed by atoms with van der Waals surface area (Å²) in [6, 6.07) is 34.2. The van der Waals surface area contributed by atoms with E-state index in [1.54, 1.807) is 12.1 Å². The zero-order valence-electron chi connectivity index (χ0n) is 31.4. The number of rotatable bonds is 9. The Kier molecular flexibility index (Phi) is 7.44. The number of hydrogen-bond donors (Lipinski definition) is 0. The maximum Gasteiger partial charge on any atom is 0.137 e. The third kappa shape index (κ3) is 5.90. The molecule has 7 rings (SSSR count). The molecule has 0 aliphatic carbocycles. The average Bonchev–Trinajstić information content (AvgIpc) is 3.63. The predicted octanol–water partition coefficient (Wildman–Crippen LogP) is 11.3. The van der Waals surface area contributed by atoms with Crippen LogP contribution in [0.2, 0.25) is 0 Å². The van der Waals surface area contributed by atoms with E-state index in [0.717, 1.165) is 70.3 Å². The van der Waals surface area contributed by atoms with Crippen molar-refractivity contribution in [3.8, 4) is 34.1 Å². The molecule has 0 radical (unpaired) electrons. The molecule has 0 aliphatic rings. The molecule has 3 aromatic heterocycles. The Balaban J connectivity index is 1.33. The van der Waals surface area contributed by atoms with Gasteiger partial charge in [0.1, 0.15) is 17.3 Å². The summed E-state index contributed by atoms with van der Waals surface area (Å²) in [4.78, 5) is 4.79. The molecule has 4 aromatic carbocycles. The van der Waals surface area contributed by atoms with Gasteiger partial charge >= 0.3 is 0 Å². The molecule has 3 heterocycles. The van der Waals surface area contributed by atoms with Gasteiger partial charge in [-0.25, -0.2) is 9.67 Å². The zero-order chi connectivity index (χ0) is 35.9. The largest absolute Gasteiger partial charge is 0.457 e. The highest BCUT2D eigenvalue weighted by molar-refractivity contribution is 6.09. The lowest BCUT2D eigenvalue weighted by Gasteiger charge is -2.20. The van der Waals surface area contributed by atoms with Crippen molar-refractivity contribution in [2.75, 3.05) is 0 Å². The van der Waals surface area contributed by atoms with Gasteiger partial charge in [0.05, 0.1) is 28.1 Å². The molecule has 0 N–H and O–H groups in total. The van der Waals surface area contributed by atoms with Crippen molar-refractivity contribution in [2.24, 2.45) is 0 Å². The van der Waals surface area contributed by atoms with Gasteiger partial charge in [0.25, 0.3) is 0 Å². The molecule has 242 valence electrons. The lowest BCUT2D eigenvalue weighted by Crippen LogP contribution is -2.12. The monoisotopic (exact) mass is 635 g/mol. The SMILES string of the molecule is [2H]C([2H])([2H])c1ccc2c(c1)c1ccc(Oc3cccc(-n4nc(CCC)c(-c5ccccc5)c4CCC)c3)cc1n2-c1cc(C(C)(C)C)ccn1. The standard InChI is InChI=1S/C43H44N4O/c1-7-13-37-42(30-15-10-9-11-16-30)39(14-8-2)47(45-37)32-17-12-18-33(27-32)48-34-20-21-35-36-25-29(3)19-22-38(36)46(40(35)28-34)41-26-31(23-24-44-41)43(4,5)6/h9-12,15-28H,7-8,13-14H2,1-6H3/i3D3. The van der Waals surface area contributed by atoms with Gasteiger partial charge in [-0.15, -0.1) is 0 Å². The van der Waals surface area contributed by atoms with Crippen molar-refractivity contribution in [3.05, 3.63) is 132 Å². The van der Waals surface area contributed by atoms with Gasteiger partial charge in [-0.1, -0.05) is 95.5 Å². The van der Waals surface area contributed by atoms with E-state index in [1.807, 2.05) is 54.7 Å². The molecule has 0 atom stereocenters. The quantitative estimate of drug-likeness (QED) is 0.159. The van der Waals surface area contributed by atoms with Crippen LogP contribution >= 0.6 is 0 Å². The van der Waals surface area contributed by atoms with E-state index in [2.05, 4.69) is 86.3 Å². The number of fused-ring (bicyclic) bond motifs is 3. The third-order valence-corrected chi connectivity index (χ3v) is 8.97. The molecule has 0 saturated heterocycles. The summed E-state index contributed by atoms with van der Waals surface area (Å²) in [5.41, 5.74) is 8.85. The van der Waals surface area contributed by atoms with Crippen molar-refractivity contribution < 1.29 is 8.85 Å². The van der Waals surface area contributed by atoms with E-state index in [1.165, 1.54) is 16.8 Å². The second-order valence-electron chi connectivity index (χ2n) is 13.5. The van der Waals surface area contributed by atoms with E-state index in [-0.39, 0.29) is 5.41 Å². The molecule has 48 heavy (non-hydrogen) atoms. The zero-order valence-corrected chi connectivity index (χ0v) is 28.4. The van der Waals surface area contributed by atoms with Crippen LogP contribution in [0, 0.1) is 6.85 Å². The summed E-state index contributed by atoms with van der Waals surface area (Å²) >= 11 is 0. The molecule has 0 aliphatic heterocycles. The summed E-state index contributed by atoms with van der Waals surface area (Å²) in [6.07, 6.45) is 5.66. The van der Waals surface area contributed by atoms with E-state index < -0.39 is 6.85 Å². The van der Waals surface area contributed by atoms with Crippen molar-refractivity contribution in [2.45, 2.75) is 72.6 Å². The number of hydrogen-bond acceptors (Lipinski definition) is 3. The lowest BCUT2D eigenvalue weighted by atomic mass is 9.88. The van der Waals surface area contributed by atoms with Gasteiger partial charge in [0.2, 0.25) is 0 Å². The molecule has 0 fully saturated rings. The van der Waals surface area contributed by atoms with Gasteiger partial charge in [0.15, 0.2) is 0 Å². The van der Waals surface area contributed by atoms with Crippen LogP contribution in [0.4, 0.5) is 0 Å². The first kappa shape index (κ1) is 27.9. The topological polar surface area (TPSA) is 44.9 Å². The highest BCUT2D eigenvalue weighted by Crippen LogP contribution is 2.37. The first-order chi connectivity index (χ1) is 24.5. The normalized spacial score (nSPS) is 13.1. The summed E-state index contributed by atoms with van der Waals surface area (Å²) in [5.74, 6) is 2.13. The number of benzene rings is 4. The van der Waals surface area contributed by atoms with Crippen molar-refractivity contribution in [3.63, 3.8) is 0 Å². The minimum absolute atomic E-state index is 0.0745. The molecule has 7 aromatic rings. The Labute approximate surface area is 288 Å². The second-order valence-corrected chi connectivity index (χ2v) is 13.5. The van der Waals surface area contributed by atoms with Crippen molar-refractivity contribution in [1.82, 2.24) is 19.3 Å². The molecule has 0 amide bonds. The van der Waals surface area contributed by atoms with Crippen LogP contribution < -0.4 is 4.74 Å². The number of ether oxygens (including phenoxy) is 1. The van der Waals surface area contributed by atoms with Crippen LogP contribution in [0.1, 0.15) is 74.1 Å². The summed E-state index contributed by atoms with van der Waals surface area (Å²) in [7, 11) is 0. The Morgan fingerprint density at radius 1 is 0.750 bits per heavy atom. The number of pyridine rings is 1. The highest BCUT2D eigenvalue weighted by Gasteiger charge is 2.21. The molecule has 0 spiro atoms. The maximum absolute atomic E-state index is 8.06. The molecule has 0 bridgehead atoms. The molecular weight excluding hydrogens is 589 g/mol. The number of nitrogens with zero attached hydrogens (tertiary/aromatic N) is 4. The molecule has 5 heteroatoms. The minimum Gasteiger partial charge on any atom is -0.457 e. The summed E-state index contributed by atoms with van der Waals surface area (Å²) < 4.78 is 35.0. The molecule has 0 saturated carbocycles. The van der Waals surface area contributed by atoms with Crippen LogP contribution in [0.25, 0.3) is 44.4 Å². The second kappa shape index (κ2) is 12.8. The van der Waals surface area contributed by atoms with E-state index in [0.29, 0.717) is 17.1 Å². The maximum atomic E-state index is 8.06. The number of aromatic nitrogens is 4. The van der Waals surface area contributed by atoms with Gasteiger partial charge in [0, 0.05) is 38.8 Å². The van der Waals surface area contributed by atoms with Crippen LogP contribution in [-0.2, 0) is 18.3 Å². The van der Waals surface area contributed by atoms with Crippen LogP contribution in [-0.4, -0.2) is 19.3 Å². The van der Waals surface area contributed by atoms with Crippen LogP contribution in [0.15, 0.2) is 109 Å². The lowest BCUT2D eigenvalue weighted by molar-refractivity contribution is 0.482. The van der Waals surface area contributed by atoms with E-state index >= 15 is 0 Å². The number of aryl methyl sites for hydroxylation is 2. The Bertz CT molecular complexity index is 2350. The summed E-state index contributed by atoms with van der Waals surface area (Å²) in [5, 5.41) is 6.97. The average molecular weight is 636 g/mol. The highest BCUT2D eigenvalue weighted by atomic mass is 16.5. The van der Waals surface area contributed by atoms with E-state index in [9.17, 15) is 0 Å². The smallest absolute Gasteiger partial charge is 0.137 e. The minimum atomic E-state index is -2.22. The first-order valence-electron chi connectivity index (χ1n) is 18.5. The Hall–Kier alpha value is -5.16. The van der Waals surface area contributed by atoms with Crippen molar-refractivity contribution in [1.29, 1.82) is 0 Å².